The predicted octanol–water partition coefficient (Wildman–Crippen LogP) is 2.87. The fourth-order valence-corrected chi connectivity index (χ4v) is 2.13. The van der Waals surface area contributed by atoms with Gasteiger partial charge in [0.25, 0.3) is 0 Å². The molecule has 1 rings (SSSR count). The molecule has 0 fully saturated rings. The molecule has 0 saturated heterocycles. The second-order valence-electron chi connectivity index (χ2n) is 5.74. The van der Waals surface area contributed by atoms with E-state index < -0.39 is 6.04 Å². The van der Waals surface area contributed by atoms with Gasteiger partial charge in [0.2, 0.25) is 11.8 Å². The van der Waals surface area contributed by atoms with Crippen LogP contribution in [0.5, 0.6) is 0 Å². The Balaban J connectivity index is 2.89. The molecule has 2 amide bonds. The van der Waals surface area contributed by atoms with Crippen LogP contribution in [0.3, 0.4) is 0 Å². The van der Waals surface area contributed by atoms with Gasteiger partial charge >= 0.3 is 0 Å². The first-order valence-corrected chi connectivity index (χ1v) is 7.69. The Labute approximate surface area is 131 Å². The number of nitrogens with one attached hydrogen (secondary N) is 1. The minimum Gasteiger partial charge on any atom is -0.352 e. The van der Waals surface area contributed by atoms with Gasteiger partial charge in [-0.15, -0.1) is 0 Å². The van der Waals surface area contributed by atoms with Crippen LogP contribution in [-0.2, 0) is 16.1 Å². The number of rotatable bonds is 7. The lowest BCUT2D eigenvalue weighted by molar-refractivity contribution is -0.140. The lowest BCUT2D eigenvalue weighted by atomic mass is 10.1. The van der Waals surface area contributed by atoms with E-state index in [0.29, 0.717) is 13.0 Å². The monoisotopic (exact) mass is 308 g/mol. The van der Waals surface area contributed by atoms with Crippen LogP contribution < -0.4 is 5.32 Å². The molecule has 1 aromatic rings. The van der Waals surface area contributed by atoms with E-state index in [1.54, 1.807) is 24.0 Å². The maximum atomic E-state index is 13.0. The summed E-state index contributed by atoms with van der Waals surface area (Å²) in [4.78, 5) is 26.1. The highest BCUT2D eigenvalue weighted by molar-refractivity contribution is 5.87. The van der Waals surface area contributed by atoms with Gasteiger partial charge in [0.1, 0.15) is 11.9 Å². The van der Waals surface area contributed by atoms with E-state index in [4.69, 9.17) is 0 Å². The molecule has 0 saturated carbocycles. The van der Waals surface area contributed by atoms with Crippen LogP contribution in [0.25, 0.3) is 0 Å². The summed E-state index contributed by atoms with van der Waals surface area (Å²) in [7, 11) is 0. The minimum atomic E-state index is -0.563. The van der Waals surface area contributed by atoms with E-state index in [0.717, 1.165) is 12.0 Å². The Bertz CT molecular complexity index is 500. The fourth-order valence-electron chi connectivity index (χ4n) is 2.13. The zero-order valence-corrected chi connectivity index (χ0v) is 13.7. The van der Waals surface area contributed by atoms with Crippen LogP contribution >= 0.6 is 0 Å². The van der Waals surface area contributed by atoms with Crippen molar-refractivity contribution >= 4 is 11.8 Å². The summed E-state index contributed by atoms with van der Waals surface area (Å²) in [5.74, 6) is -0.569. The molecule has 1 aromatic carbocycles. The lowest BCUT2D eigenvalue weighted by Crippen LogP contribution is -2.49. The number of halogens is 1. The van der Waals surface area contributed by atoms with Crippen LogP contribution in [0, 0.1) is 5.82 Å². The van der Waals surface area contributed by atoms with Crippen LogP contribution in [0.2, 0.25) is 0 Å². The van der Waals surface area contributed by atoms with Gasteiger partial charge in [-0.2, -0.15) is 0 Å². The average molecular weight is 308 g/mol. The van der Waals surface area contributed by atoms with Crippen molar-refractivity contribution in [1.82, 2.24) is 10.2 Å². The normalized spacial score (nSPS) is 12.1. The van der Waals surface area contributed by atoms with Crippen molar-refractivity contribution in [3.05, 3.63) is 35.6 Å². The van der Waals surface area contributed by atoms with Crippen molar-refractivity contribution in [2.45, 2.75) is 59.2 Å². The highest BCUT2D eigenvalue weighted by atomic mass is 19.1. The number of hydrogen-bond acceptors (Lipinski definition) is 2. The average Bonchev–Trinajstić information content (AvgIpc) is 2.45. The molecule has 22 heavy (non-hydrogen) atoms. The first-order valence-electron chi connectivity index (χ1n) is 7.69. The first-order chi connectivity index (χ1) is 10.3. The molecule has 0 aliphatic carbocycles. The molecule has 0 aromatic heterocycles. The molecule has 1 N–H and O–H groups in total. The van der Waals surface area contributed by atoms with Gasteiger partial charge in [-0.05, 0) is 44.9 Å². The third kappa shape index (κ3) is 5.47. The van der Waals surface area contributed by atoms with Crippen LogP contribution in [0.15, 0.2) is 24.3 Å². The SMILES string of the molecule is CCCC(=O)N(Cc1ccc(F)cc1)[C@@H](C)C(=O)NC(C)C. The largest absolute Gasteiger partial charge is 0.352 e. The molecule has 0 radical (unpaired) electrons. The van der Waals surface area contributed by atoms with Crippen molar-refractivity contribution in [2.24, 2.45) is 0 Å². The van der Waals surface area contributed by atoms with Gasteiger partial charge in [-0.25, -0.2) is 4.39 Å². The fraction of sp³-hybridized carbons (Fsp3) is 0.529. The number of amides is 2. The highest BCUT2D eigenvalue weighted by Crippen LogP contribution is 2.12. The number of carbonyl (C=O) groups excluding carboxylic acids is 2. The molecular weight excluding hydrogens is 283 g/mol. The molecule has 0 heterocycles. The van der Waals surface area contributed by atoms with Gasteiger partial charge in [0.05, 0.1) is 0 Å². The van der Waals surface area contributed by atoms with Crippen molar-refractivity contribution in [3.63, 3.8) is 0 Å². The first kappa shape index (κ1) is 18.1. The van der Waals surface area contributed by atoms with Gasteiger partial charge in [0, 0.05) is 19.0 Å². The Hall–Kier alpha value is -1.91. The van der Waals surface area contributed by atoms with Crippen molar-refractivity contribution in [3.8, 4) is 0 Å². The maximum absolute atomic E-state index is 13.0. The maximum Gasteiger partial charge on any atom is 0.242 e. The van der Waals surface area contributed by atoms with Crippen LogP contribution in [-0.4, -0.2) is 28.8 Å². The third-order valence-electron chi connectivity index (χ3n) is 3.33. The van der Waals surface area contributed by atoms with Crippen molar-refractivity contribution < 1.29 is 14.0 Å². The quantitative estimate of drug-likeness (QED) is 0.842. The summed E-state index contributed by atoms with van der Waals surface area (Å²) < 4.78 is 13.0. The van der Waals surface area contributed by atoms with E-state index in [9.17, 15) is 14.0 Å². The van der Waals surface area contributed by atoms with Gasteiger partial charge in [0.15, 0.2) is 0 Å². The van der Waals surface area contributed by atoms with E-state index in [1.165, 1.54) is 12.1 Å². The second kappa shape index (κ2) is 8.51. The van der Waals surface area contributed by atoms with E-state index in [2.05, 4.69) is 5.32 Å². The molecule has 0 unspecified atom stereocenters. The summed E-state index contributed by atoms with van der Waals surface area (Å²) in [6.07, 6.45) is 1.11. The molecule has 0 aliphatic heterocycles. The molecule has 4 nitrogen and oxygen atoms in total. The summed E-state index contributed by atoms with van der Waals surface area (Å²) in [6.45, 7) is 7.69. The summed E-state index contributed by atoms with van der Waals surface area (Å²) in [5, 5.41) is 2.82. The van der Waals surface area contributed by atoms with Crippen LogP contribution in [0.1, 0.15) is 46.1 Å². The Morgan fingerprint density at radius 3 is 2.27 bits per heavy atom. The van der Waals surface area contributed by atoms with Crippen molar-refractivity contribution in [2.75, 3.05) is 0 Å². The Morgan fingerprint density at radius 1 is 1.18 bits per heavy atom. The standard InChI is InChI=1S/C17H25FN2O2/c1-5-6-16(21)20(13(4)17(22)19-12(2)3)11-14-7-9-15(18)10-8-14/h7-10,12-13H,5-6,11H2,1-4H3,(H,19,22)/t13-/m0/s1. The van der Waals surface area contributed by atoms with Gasteiger partial charge in [-0.1, -0.05) is 19.1 Å². The summed E-state index contributed by atoms with van der Waals surface area (Å²) in [6, 6.07) is 5.44. The molecule has 122 valence electrons. The molecule has 0 bridgehead atoms. The van der Waals surface area contributed by atoms with Gasteiger partial charge in [-0.3, -0.25) is 9.59 Å². The molecular formula is C17H25FN2O2. The Kier molecular flexibility index (Phi) is 7.02. The van der Waals surface area contributed by atoms with E-state index in [1.807, 2.05) is 20.8 Å². The molecule has 0 spiro atoms. The smallest absolute Gasteiger partial charge is 0.242 e. The summed E-state index contributed by atoms with van der Waals surface area (Å²) in [5.41, 5.74) is 0.801. The minimum absolute atomic E-state index is 0.0175. The van der Waals surface area contributed by atoms with E-state index >= 15 is 0 Å². The second-order valence-corrected chi connectivity index (χ2v) is 5.74. The van der Waals surface area contributed by atoms with Gasteiger partial charge < -0.3 is 10.2 Å². The topological polar surface area (TPSA) is 49.4 Å². The zero-order valence-electron chi connectivity index (χ0n) is 13.7. The molecule has 1 atom stereocenters. The Morgan fingerprint density at radius 2 is 1.77 bits per heavy atom. The molecule has 0 aliphatic rings. The summed E-state index contributed by atoms with van der Waals surface area (Å²) >= 11 is 0. The highest BCUT2D eigenvalue weighted by Gasteiger charge is 2.25. The third-order valence-corrected chi connectivity index (χ3v) is 3.33. The predicted molar refractivity (Wildman–Crippen MR) is 84.6 cm³/mol. The van der Waals surface area contributed by atoms with E-state index in [-0.39, 0.29) is 23.7 Å². The van der Waals surface area contributed by atoms with Crippen molar-refractivity contribution in [1.29, 1.82) is 0 Å². The number of hydrogen-bond donors (Lipinski definition) is 1. The number of carbonyl (C=O) groups is 2. The molecule has 5 heteroatoms. The van der Waals surface area contributed by atoms with Crippen LogP contribution in [0.4, 0.5) is 4.39 Å². The lowest BCUT2D eigenvalue weighted by Gasteiger charge is -2.29. The number of benzene rings is 1. The zero-order chi connectivity index (χ0) is 16.7. The number of nitrogens with zero attached hydrogens (tertiary/aromatic N) is 1.